The Morgan fingerprint density at radius 3 is 2.71 bits per heavy atom. The van der Waals surface area contributed by atoms with Crippen LogP contribution in [0.2, 0.25) is 0 Å². The van der Waals surface area contributed by atoms with Crippen molar-refractivity contribution in [1.29, 1.82) is 0 Å². The summed E-state index contributed by atoms with van der Waals surface area (Å²) in [5.41, 5.74) is 1.74. The van der Waals surface area contributed by atoms with Gasteiger partial charge in [0.05, 0.1) is 0 Å². The summed E-state index contributed by atoms with van der Waals surface area (Å²) in [6, 6.07) is 10.0. The summed E-state index contributed by atoms with van der Waals surface area (Å²) >= 11 is 3.46. The molecule has 0 fully saturated rings. The quantitative estimate of drug-likeness (QED) is 0.704. The van der Waals surface area contributed by atoms with E-state index in [4.69, 9.17) is 0 Å². The standard InChI is InChI=1S/C12H9BrO/c1-8-6-9-4-2-3-5-10(9)12(13)11(8)7-14/h2-7H,1H3. The van der Waals surface area contributed by atoms with Crippen LogP contribution in [0.5, 0.6) is 0 Å². The lowest BCUT2D eigenvalue weighted by Gasteiger charge is -2.06. The van der Waals surface area contributed by atoms with Crippen molar-refractivity contribution in [3.8, 4) is 0 Å². The van der Waals surface area contributed by atoms with E-state index in [1.165, 1.54) is 0 Å². The molecule has 2 aromatic carbocycles. The molecule has 14 heavy (non-hydrogen) atoms. The molecule has 0 atom stereocenters. The Bertz CT molecular complexity index is 503. The van der Waals surface area contributed by atoms with E-state index in [-0.39, 0.29) is 0 Å². The average molecular weight is 249 g/mol. The maximum atomic E-state index is 10.9. The van der Waals surface area contributed by atoms with Crippen LogP contribution in [0.25, 0.3) is 10.8 Å². The molecule has 1 nitrogen and oxygen atoms in total. The van der Waals surface area contributed by atoms with Gasteiger partial charge in [-0.05, 0) is 39.2 Å². The number of hydrogen-bond donors (Lipinski definition) is 0. The minimum atomic E-state index is 0.740. The maximum absolute atomic E-state index is 10.9. The van der Waals surface area contributed by atoms with E-state index in [0.717, 1.165) is 32.7 Å². The smallest absolute Gasteiger partial charge is 0.151 e. The molecule has 0 aliphatic carbocycles. The molecule has 0 heterocycles. The van der Waals surface area contributed by atoms with Crippen molar-refractivity contribution < 1.29 is 4.79 Å². The van der Waals surface area contributed by atoms with Gasteiger partial charge in [-0.3, -0.25) is 4.79 Å². The molecule has 2 aromatic rings. The predicted octanol–water partition coefficient (Wildman–Crippen LogP) is 3.72. The Balaban J connectivity index is 2.92. The van der Waals surface area contributed by atoms with Crippen LogP contribution in [0.4, 0.5) is 0 Å². The van der Waals surface area contributed by atoms with Gasteiger partial charge in [-0.2, -0.15) is 0 Å². The third-order valence-corrected chi connectivity index (χ3v) is 3.20. The molecule has 0 aromatic heterocycles. The number of hydrogen-bond acceptors (Lipinski definition) is 1. The van der Waals surface area contributed by atoms with Gasteiger partial charge in [0, 0.05) is 10.0 Å². The highest BCUT2D eigenvalue weighted by Crippen LogP contribution is 2.29. The summed E-state index contributed by atoms with van der Waals surface area (Å²) in [4.78, 5) is 10.9. The molecule has 0 saturated heterocycles. The molecule has 0 saturated carbocycles. The van der Waals surface area contributed by atoms with Gasteiger partial charge >= 0.3 is 0 Å². The minimum Gasteiger partial charge on any atom is -0.298 e. The molecule has 0 amide bonds. The van der Waals surface area contributed by atoms with E-state index >= 15 is 0 Å². The van der Waals surface area contributed by atoms with Gasteiger partial charge in [-0.25, -0.2) is 0 Å². The van der Waals surface area contributed by atoms with Crippen molar-refractivity contribution in [2.24, 2.45) is 0 Å². The average Bonchev–Trinajstić information content (AvgIpc) is 2.18. The van der Waals surface area contributed by atoms with E-state index < -0.39 is 0 Å². The highest BCUT2D eigenvalue weighted by Gasteiger charge is 2.06. The van der Waals surface area contributed by atoms with Crippen LogP contribution >= 0.6 is 15.9 Å². The molecule has 2 heteroatoms. The first-order valence-electron chi connectivity index (χ1n) is 4.37. The molecule has 0 spiro atoms. The number of fused-ring (bicyclic) bond motifs is 1. The van der Waals surface area contributed by atoms with Gasteiger partial charge in [-0.1, -0.05) is 30.3 Å². The molecule has 0 N–H and O–H groups in total. The van der Waals surface area contributed by atoms with Crippen LogP contribution < -0.4 is 0 Å². The first-order valence-corrected chi connectivity index (χ1v) is 5.16. The van der Waals surface area contributed by atoms with Crippen molar-refractivity contribution in [2.45, 2.75) is 6.92 Å². The molecule has 0 aliphatic heterocycles. The predicted molar refractivity (Wildman–Crippen MR) is 61.8 cm³/mol. The molecule has 70 valence electrons. The zero-order valence-corrected chi connectivity index (χ0v) is 9.34. The van der Waals surface area contributed by atoms with Crippen LogP contribution in [0.1, 0.15) is 15.9 Å². The summed E-state index contributed by atoms with van der Waals surface area (Å²) in [6.45, 7) is 1.95. The number of carbonyl (C=O) groups is 1. The molecule has 0 radical (unpaired) electrons. The lowest BCUT2D eigenvalue weighted by atomic mass is 10.0. The van der Waals surface area contributed by atoms with Crippen molar-refractivity contribution in [2.75, 3.05) is 0 Å². The number of halogens is 1. The zero-order valence-electron chi connectivity index (χ0n) is 7.75. The van der Waals surface area contributed by atoms with E-state index in [9.17, 15) is 4.79 Å². The number of aldehydes is 1. The van der Waals surface area contributed by atoms with E-state index in [0.29, 0.717) is 0 Å². The van der Waals surface area contributed by atoms with Crippen LogP contribution in [0.15, 0.2) is 34.8 Å². The van der Waals surface area contributed by atoms with Gasteiger partial charge in [-0.15, -0.1) is 0 Å². The molecule has 2 rings (SSSR count). The SMILES string of the molecule is Cc1cc2ccccc2c(Br)c1C=O. The van der Waals surface area contributed by atoms with Crippen LogP contribution in [-0.4, -0.2) is 6.29 Å². The Labute approximate surface area is 90.9 Å². The van der Waals surface area contributed by atoms with E-state index in [1.807, 2.05) is 37.3 Å². The topological polar surface area (TPSA) is 17.1 Å². The van der Waals surface area contributed by atoms with E-state index in [1.54, 1.807) is 0 Å². The first-order chi connectivity index (χ1) is 6.74. The Kier molecular flexibility index (Phi) is 2.38. The fraction of sp³-hybridized carbons (Fsp3) is 0.0833. The van der Waals surface area contributed by atoms with Crippen molar-refractivity contribution in [3.63, 3.8) is 0 Å². The Morgan fingerprint density at radius 2 is 2.00 bits per heavy atom. The van der Waals surface area contributed by atoms with Gasteiger partial charge in [0.1, 0.15) is 0 Å². The summed E-state index contributed by atoms with van der Waals surface area (Å²) < 4.78 is 0.892. The Morgan fingerprint density at radius 1 is 1.29 bits per heavy atom. The first kappa shape index (κ1) is 9.41. The maximum Gasteiger partial charge on any atom is 0.151 e. The number of rotatable bonds is 1. The van der Waals surface area contributed by atoms with E-state index in [2.05, 4.69) is 15.9 Å². The van der Waals surface area contributed by atoms with Gasteiger partial charge in [0.2, 0.25) is 0 Å². The van der Waals surface area contributed by atoms with Crippen LogP contribution in [0, 0.1) is 6.92 Å². The zero-order chi connectivity index (χ0) is 10.1. The third kappa shape index (κ3) is 1.36. The Hall–Kier alpha value is -1.15. The van der Waals surface area contributed by atoms with Crippen molar-refractivity contribution in [1.82, 2.24) is 0 Å². The molecular weight excluding hydrogens is 240 g/mol. The molecule has 0 bridgehead atoms. The largest absolute Gasteiger partial charge is 0.298 e. The lowest BCUT2D eigenvalue weighted by Crippen LogP contribution is -1.89. The summed E-state index contributed by atoms with van der Waals surface area (Å²) in [7, 11) is 0. The summed E-state index contributed by atoms with van der Waals surface area (Å²) in [6.07, 6.45) is 0.895. The fourth-order valence-corrected chi connectivity index (χ4v) is 2.36. The fourth-order valence-electron chi connectivity index (χ4n) is 1.60. The van der Waals surface area contributed by atoms with Gasteiger partial charge < -0.3 is 0 Å². The molecule has 0 aliphatic rings. The lowest BCUT2D eigenvalue weighted by molar-refractivity contribution is 0.112. The minimum absolute atomic E-state index is 0.740. The van der Waals surface area contributed by atoms with Crippen LogP contribution in [0.3, 0.4) is 0 Å². The third-order valence-electron chi connectivity index (χ3n) is 2.35. The van der Waals surface area contributed by atoms with Gasteiger partial charge in [0.15, 0.2) is 6.29 Å². The van der Waals surface area contributed by atoms with Crippen LogP contribution in [-0.2, 0) is 0 Å². The van der Waals surface area contributed by atoms with Crippen molar-refractivity contribution in [3.05, 3.63) is 45.9 Å². The summed E-state index contributed by atoms with van der Waals surface area (Å²) in [5, 5.41) is 2.24. The highest BCUT2D eigenvalue weighted by atomic mass is 79.9. The second-order valence-electron chi connectivity index (χ2n) is 3.26. The second kappa shape index (κ2) is 3.54. The van der Waals surface area contributed by atoms with Gasteiger partial charge in [0.25, 0.3) is 0 Å². The number of carbonyl (C=O) groups excluding carboxylic acids is 1. The number of aryl methyl sites for hydroxylation is 1. The van der Waals surface area contributed by atoms with Crippen molar-refractivity contribution >= 4 is 33.0 Å². The normalized spacial score (nSPS) is 10.4. The molecular formula is C12H9BrO. The highest BCUT2D eigenvalue weighted by molar-refractivity contribution is 9.10. The summed E-state index contributed by atoms with van der Waals surface area (Å²) in [5.74, 6) is 0. The monoisotopic (exact) mass is 248 g/mol. The number of benzene rings is 2. The molecule has 0 unspecified atom stereocenters. The second-order valence-corrected chi connectivity index (χ2v) is 4.05.